The molecule has 0 aliphatic carbocycles. The minimum atomic E-state index is -0.976. The van der Waals surface area contributed by atoms with Crippen molar-refractivity contribution in [2.75, 3.05) is 6.61 Å². The zero-order valence-electron chi connectivity index (χ0n) is 16.5. The van der Waals surface area contributed by atoms with Gasteiger partial charge in [0.2, 0.25) is 0 Å². The third-order valence-corrected chi connectivity index (χ3v) is 4.14. The van der Waals surface area contributed by atoms with Crippen molar-refractivity contribution in [1.82, 2.24) is 0 Å². The fourth-order valence-electron chi connectivity index (χ4n) is 2.50. The van der Waals surface area contributed by atoms with E-state index in [0.29, 0.717) is 24.8 Å². The van der Waals surface area contributed by atoms with E-state index in [-0.39, 0.29) is 19.2 Å². The SMILES string of the molecule is CC(OC(=O)c1ccccc1)C(=O)OCCCCCC(=O)OCc1ccccc1. The first-order valence-corrected chi connectivity index (χ1v) is 9.68. The van der Waals surface area contributed by atoms with Gasteiger partial charge in [-0.1, -0.05) is 48.5 Å². The summed E-state index contributed by atoms with van der Waals surface area (Å²) in [7, 11) is 0. The van der Waals surface area contributed by atoms with Crippen LogP contribution in [-0.2, 0) is 30.4 Å². The smallest absolute Gasteiger partial charge is 0.347 e. The van der Waals surface area contributed by atoms with Gasteiger partial charge in [-0.3, -0.25) is 4.79 Å². The lowest BCUT2D eigenvalue weighted by atomic mass is 10.2. The fourth-order valence-corrected chi connectivity index (χ4v) is 2.50. The van der Waals surface area contributed by atoms with Gasteiger partial charge >= 0.3 is 17.9 Å². The van der Waals surface area contributed by atoms with E-state index < -0.39 is 18.0 Å². The van der Waals surface area contributed by atoms with E-state index in [4.69, 9.17) is 14.2 Å². The van der Waals surface area contributed by atoms with Crippen LogP contribution >= 0.6 is 0 Å². The summed E-state index contributed by atoms with van der Waals surface area (Å²) in [4.78, 5) is 35.5. The highest BCUT2D eigenvalue weighted by atomic mass is 16.6. The molecule has 0 saturated carbocycles. The Labute approximate surface area is 170 Å². The number of ether oxygens (including phenoxy) is 3. The maximum absolute atomic E-state index is 11.9. The number of carbonyl (C=O) groups is 3. The Kier molecular flexibility index (Phi) is 9.42. The predicted molar refractivity (Wildman–Crippen MR) is 107 cm³/mol. The Balaban J connectivity index is 1.52. The lowest BCUT2D eigenvalue weighted by molar-refractivity contribution is -0.153. The highest BCUT2D eigenvalue weighted by molar-refractivity contribution is 5.91. The predicted octanol–water partition coefficient (Wildman–Crippen LogP) is 4.08. The van der Waals surface area contributed by atoms with E-state index in [1.54, 1.807) is 30.3 Å². The standard InChI is InChI=1S/C23H26O6/c1-18(29-23(26)20-13-7-3-8-14-20)22(25)27-16-10-4-9-15-21(24)28-17-19-11-5-2-6-12-19/h2-3,5-8,11-14,18H,4,9-10,15-17H2,1H3. The highest BCUT2D eigenvalue weighted by Crippen LogP contribution is 2.07. The molecule has 154 valence electrons. The van der Waals surface area contributed by atoms with Gasteiger partial charge in [0, 0.05) is 6.42 Å². The average molecular weight is 398 g/mol. The Hall–Kier alpha value is -3.15. The molecule has 0 bridgehead atoms. The molecule has 6 heteroatoms. The second kappa shape index (κ2) is 12.3. The topological polar surface area (TPSA) is 78.9 Å². The maximum atomic E-state index is 11.9. The zero-order valence-corrected chi connectivity index (χ0v) is 16.5. The largest absolute Gasteiger partial charge is 0.463 e. The second-order valence-electron chi connectivity index (χ2n) is 6.54. The summed E-state index contributed by atoms with van der Waals surface area (Å²) in [6.45, 7) is 1.97. The summed E-state index contributed by atoms with van der Waals surface area (Å²) < 4.78 is 15.4. The minimum Gasteiger partial charge on any atom is -0.463 e. The van der Waals surface area contributed by atoms with E-state index in [2.05, 4.69) is 0 Å². The molecular weight excluding hydrogens is 372 g/mol. The zero-order chi connectivity index (χ0) is 20.9. The molecule has 6 nitrogen and oxygen atoms in total. The molecule has 0 N–H and O–H groups in total. The Morgan fingerprint density at radius 3 is 2.17 bits per heavy atom. The number of benzene rings is 2. The number of rotatable bonds is 11. The van der Waals surface area contributed by atoms with Crippen molar-refractivity contribution in [3.8, 4) is 0 Å². The molecule has 0 radical (unpaired) electrons. The maximum Gasteiger partial charge on any atom is 0.347 e. The van der Waals surface area contributed by atoms with E-state index in [0.717, 1.165) is 12.0 Å². The van der Waals surface area contributed by atoms with Crippen molar-refractivity contribution in [3.05, 3.63) is 71.8 Å². The van der Waals surface area contributed by atoms with Crippen LogP contribution in [-0.4, -0.2) is 30.6 Å². The molecule has 2 aromatic rings. The van der Waals surface area contributed by atoms with Gasteiger partial charge < -0.3 is 14.2 Å². The Morgan fingerprint density at radius 1 is 0.828 bits per heavy atom. The van der Waals surface area contributed by atoms with Gasteiger partial charge in [-0.25, -0.2) is 9.59 Å². The van der Waals surface area contributed by atoms with Crippen LogP contribution in [0.4, 0.5) is 0 Å². The van der Waals surface area contributed by atoms with Gasteiger partial charge in [-0.15, -0.1) is 0 Å². The highest BCUT2D eigenvalue weighted by Gasteiger charge is 2.20. The molecule has 0 amide bonds. The van der Waals surface area contributed by atoms with E-state index in [9.17, 15) is 14.4 Å². The fraction of sp³-hybridized carbons (Fsp3) is 0.348. The number of esters is 3. The average Bonchev–Trinajstić information content (AvgIpc) is 2.75. The van der Waals surface area contributed by atoms with E-state index >= 15 is 0 Å². The van der Waals surface area contributed by atoms with Crippen molar-refractivity contribution in [2.24, 2.45) is 0 Å². The van der Waals surface area contributed by atoms with Gasteiger partial charge in [0.05, 0.1) is 12.2 Å². The van der Waals surface area contributed by atoms with Crippen molar-refractivity contribution in [2.45, 2.75) is 45.3 Å². The third-order valence-electron chi connectivity index (χ3n) is 4.14. The first kappa shape index (κ1) is 22.1. The van der Waals surface area contributed by atoms with Gasteiger partial charge in [-0.2, -0.15) is 0 Å². The van der Waals surface area contributed by atoms with Crippen LogP contribution in [0.2, 0.25) is 0 Å². The van der Waals surface area contributed by atoms with Gasteiger partial charge in [0.15, 0.2) is 6.10 Å². The van der Waals surface area contributed by atoms with Crippen molar-refractivity contribution in [3.63, 3.8) is 0 Å². The molecule has 2 rings (SSSR count). The monoisotopic (exact) mass is 398 g/mol. The summed E-state index contributed by atoms with van der Waals surface area (Å²) in [6.07, 6.45) is 1.36. The molecule has 2 aromatic carbocycles. The Morgan fingerprint density at radius 2 is 1.48 bits per heavy atom. The van der Waals surface area contributed by atoms with Crippen LogP contribution in [0.25, 0.3) is 0 Å². The van der Waals surface area contributed by atoms with E-state index in [1.807, 2.05) is 30.3 Å². The molecule has 0 aromatic heterocycles. The lowest BCUT2D eigenvalue weighted by Gasteiger charge is -2.12. The lowest BCUT2D eigenvalue weighted by Crippen LogP contribution is -2.26. The van der Waals surface area contributed by atoms with Crippen LogP contribution in [0.15, 0.2) is 60.7 Å². The van der Waals surface area contributed by atoms with Crippen LogP contribution in [0.5, 0.6) is 0 Å². The van der Waals surface area contributed by atoms with Crippen LogP contribution in [0, 0.1) is 0 Å². The van der Waals surface area contributed by atoms with Gasteiger partial charge in [-0.05, 0) is 43.9 Å². The number of carbonyl (C=O) groups excluding carboxylic acids is 3. The normalized spacial score (nSPS) is 11.3. The quantitative estimate of drug-likeness (QED) is 0.322. The van der Waals surface area contributed by atoms with Crippen molar-refractivity contribution < 1.29 is 28.6 Å². The summed E-state index contributed by atoms with van der Waals surface area (Å²) in [5, 5.41) is 0. The summed E-state index contributed by atoms with van der Waals surface area (Å²) in [6, 6.07) is 18.0. The molecule has 0 fully saturated rings. The summed E-state index contributed by atoms with van der Waals surface area (Å²) >= 11 is 0. The molecule has 0 spiro atoms. The minimum absolute atomic E-state index is 0.213. The Bertz CT molecular complexity index is 772. The summed E-state index contributed by atoms with van der Waals surface area (Å²) in [5.74, 6) is -1.40. The number of hydrogen-bond donors (Lipinski definition) is 0. The first-order chi connectivity index (χ1) is 14.1. The molecule has 0 aliphatic rings. The van der Waals surface area contributed by atoms with Crippen LogP contribution in [0.3, 0.4) is 0 Å². The molecule has 1 unspecified atom stereocenters. The van der Waals surface area contributed by atoms with E-state index in [1.165, 1.54) is 6.92 Å². The molecule has 0 aliphatic heterocycles. The molecule has 1 atom stereocenters. The number of hydrogen-bond acceptors (Lipinski definition) is 6. The first-order valence-electron chi connectivity index (χ1n) is 9.68. The third kappa shape index (κ3) is 8.60. The summed E-state index contributed by atoms with van der Waals surface area (Å²) in [5.41, 5.74) is 1.33. The van der Waals surface area contributed by atoms with Crippen LogP contribution in [0.1, 0.15) is 48.5 Å². The number of unbranched alkanes of at least 4 members (excludes halogenated alkanes) is 2. The molecule has 0 saturated heterocycles. The van der Waals surface area contributed by atoms with Crippen molar-refractivity contribution >= 4 is 17.9 Å². The van der Waals surface area contributed by atoms with Crippen LogP contribution < -0.4 is 0 Å². The second-order valence-corrected chi connectivity index (χ2v) is 6.54. The van der Waals surface area contributed by atoms with Crippen molar-refractivity contribution in [1.29, 1.82) is 0 Å². The van der Waals surface area contributed by atoms with Gasteiger partial charge in [0.25, 0.3) is 0 Å². The molecule has 0 heterocycles. The molecule has 29 heavy (non-hydrogen) atoms. The van der Waals surface area contributed by atoms with Gasteiger partial charge in [0.1, 0.15) is 6.61 Å². The molecular formula is C23H26O6.